The van der Waals surface area contributed by atoms with Crippen LogP contribution in [0.3, 0.4) is 0 Å². The molecule has 0 N–H and O–H groups in total. The molecule has 1 aromatic heterocycles. The Balaban J connectivity index is 1.34. The first-order valence-corrected chi connectivity index (χ1v) is 12.8. The summed E-state index contributed by atoms with van der Waals surface area (Å²) in [6.45, 7) is 2.56. The SMILES string of the molecule is COC(=O)C1(Cc2ccc(F)cc2)CCCC(CC(=O)c2ccc3c(c2)C(c2ccnc(C)c2)=NC3)C1. The lowest BCUT2D eigenvalue weighted by atomic mass is 9.65. The number of aromatic nitrogens is 1. The lowest BCUT2D eigenvalue weighted by Crippen LogP contribution is -2.40. The number of halogens is 1. The van der Waals surface area contributed by atoms with Crippen molar-refractivity contribution in [2.24, 2.45) is 16.3 Å². The molecule has 0 amide bonds. The number of fused-ring (bicyclic) bond motifs is 1. The zero-order chi connectivity index (χ0) is 26.0. The molecule has 0 saturated heterocycles. The van der Waals surface area contributed by atoms with Gasteiger partial charge in [-0.25, -0.2) is 4.39 Å². The van der Waals surface area contributed by atoms with Gasteiger partial charge in [0.1, 0.15) is 5.82 Å². The zero-order valence-electron chi connectivity index (χ0n) is 21.3. The summed E-state index contributed by atoms with van der Waals surface area (Å²) in [5, 5.41) is 0. The maximum absolute atomic E-state index is 13.4. The number of ketones is 1. The summed E-state index contributed by atoms with van der Waals surface area (Å²) in [6.07, 6.45) is 5.65. The maximum atomic E-state index is 13.4. The highest BCUT2D eigenvalue weighted by molar-refractivity contribution is 6.16. The number of pyridine rings is 1. The average molecular weight is 499 g/mol. The quantitative estimate of drug-likeness (QED) is 0.294. The molecule has 1 aliphatic carbocycles. The molecule has 2 heterocycles. The highest BCUT2D eigenvalue weighted by atomic mass is 19.1. The van der Waals surface area contributed by atoms with E-state index < -0.39 is 5.41 Å². The van der Waals surface area contributed by atoms with Crippen LogP contribution in [0.4, 0.5) is 4.39 Å². The fourth-order valence-electron chi connectivity index (χ4n) is 5.96. The van der Waals surface area contributed by atoms with Gasteiger partial charge in [-0.05, 0) is 80.0 Å². The Morgan fingerprint density at radius 1 is 1.11 bits per heavy atom. The maximum Gasteiger partial charge on any atom is 0.312 e. The Morgan fingerprint density at radius 3 is 2.68 bits per heavy atom. The molecule has 0 radical (unpaired) electrons. The normalized spacial score (nSPS) is 20.7. The highest BCUT2D eigenvalue weighted by Gasteiger charge is 2.44. The third-order valence-corrected chi connectivity index (χ3v) is 7.76. The lowest BCUT2D eigenvalue weighted by molar-refractivity contribution is -0.156. The Kier molecular flexibility index (Phi) is 7.00. The first-order valence-electron chi connectivity index (χ1n) is 12.8. The molecule has 2 unspecified atom stereocenters. The van der Waals surface area contributed by atoms with Crippen molar-refractivity contribution >= 4 is 17.5 Å². The molecule has 190 valence electrons. The minimum absolute atomic E-state index is 0.0741. The number of aliphatic imine (C=N–C) groups is 1. The predicted octanol–water partition coefficient (Wildman–Crippen LogP) is 6.05. The number of methoxy groups -OCH3 is 1. The third-order valence-electron chi connectivity index (χ3n) is 7.76. The van der Waals surface area contributed by atoms with Crippen LogP contribution in [0.15, 0.2) is 65.8 Å². The Labute approximate surface area is 216 Å². The van der Waals surface area contributed by atoms with Gasteiger partial charge in [-0.3, -0.25) is 19.6 Å². The average Bonchev–Trinajstić information content (AvgIpc) is 3.33. The number of aryl methyl sites for hydroxylation is 1. The Hall–Kier alpha value is -3.67. The number of ether oxygens (including phenoxy) is 1. The summed E-state index contributed by atoms with van der Waals surface area (Å²) in [7, 11) is 1.41. The molecule has 2 atom stereocenters. The first kappa shape index (κ1) is 25.0. The molecular weight excluding hydrogens is 467 g/mol. The Morgan fingerprint density at radius 2 is 1.92 bits per heavy atom. The monoisotopic (exact) mass is 498 g/mol. The minimum atomic E-state index is -0.702. The van der Waals surface area contributed by atoms with Gasteiger partial charge in [0.25, 0.3) is 0 Å². The largest absolute Gasteiger partial charge is 0.469 e. The molecule has 0 bridgehead atoms. The molecule has 1 aliphatic heterocycles. The van der Waals surface area contributed by atoms with Gasteiger partial charge < -0.3 is 4.74 Å². The number of esters is 1. The molecule has 5 nitrogen and oxygen atoms in total. The van der Waals surface area contributed by atoms with Gasteiger partial charge in [0.05, 0.1) is 24.8 Å². The topological polar surface area (TPSA) is 68.6 Å². The first-order chi connectivity index (χ1) is 17.9. The van der Waals surface area contributed by atoms with E-state index in [1.54, 1.807) is 18.3 Å². The van der Waals surface area contributed by atoms with Crippen LogP contribution in [-0.4, -0.2) is 29.6 Å². The highest BCUT2D eigenvalue weighted by Crippen LogP contribution is 2.44. The minimum Gasteiger partial charge on any atom is -0.469 e. The van der Waals surface area contributed by atoms with Crippen LogP contribution >= 0.6 is 0 Å². The second-order valence-electron chi connectivity index (χ2n) is 10.4. The lowest BCUT2D eigenvalue weighted by Gasteiger charge is -2.38. The van der Waals surface area contributed by atoms with Crippen molar-refractivity contribution in [3.8, 4) is 0 Å². The summed E-state index contributed by atoms with van der Waals surface area (Å²) < 4.78 is 18.7. The van der Waals surface area contributed by atoms with E-state index in [0.717, 1.165) is 46.5 Å². The van der Waals surface area contributed by atoms with E-state index in [4.69, 9.17) is 9.73 Å². The van der Waals surface area contributed by atoms with Gasteiger partial charge in [-0.15, -0.1) is 0 Å². The summed E-state index contributed by atoms with van der Waals surface area (Å²) >= 11 is 0. The number of rotatable bonds is 7. The molecule has 2 aliphatic rings. The van der Waals surface area contributed by atoms with Crippen LogP contribution in [-0.2, 0) is 22.5 Å². The van der Waals surface area contributed by atoms with Crippen LogP contribution in [0.2, 0.25) is 0 Å². The second kappa shape index (κ2) is 10.4. The van der Waals surface area contributed by atoms with Gasteiger partial charge in [0.2, 0.25) is 0 Å². The van der Waals surface area contributed by atoms with Crippen molar-refractivity contribution in [3.05, 3.63) is 100 Å². The molecule has 6 heteroatoms. The number of nitrogens with zero attached hydrogens (tertiary/aromatic N) is 2. The van der Waals surface area contributed by atoms with Crippen molar-refractivity contribution in [2.75, 3.05) is 7.11 Å². The summed E-state index contributed by atoms with van der Waals surface area (Å²) in [4.78, 5) is 35.4. The molecule has 3 aromatic rings. The van der Waals surface area contributed by atoms with Crippen LogP contribution in [0.1, 0.15) is 70.4 Å². The standard InChI is InChI=1S/C31H31FN2O3/c1-20-14-24(11-13-33-20)29-27-16-23(7-8-25(27)19-34-29)28(35)15-22-4-3-12-31(18-22,30(36)37-2)17-21-5-9-26(32)10-6-21/h5-11,13-14,16,22H,3-4,12,15,17-19H2,1-2H3. The predicted molar refractivity (Wildman–Crippen MR) is 140 cm³/mol. The van der Waals surface area contributed by atoms with Crippen LogP contribution < -0.4 is 0 Å². The number of benzene rings is 2. The zero-order valence-corrected chi connectivity index (χ0v) is 21.3. The fourth-order valence-corrected chi connectivity index (χ4v) is 5.96. The van der Waals surface area contributed by atoms with Crippen molar-refractivity contribution < 1.29 is 18.7 Å². The van der Waals surface area contributed by atoms with E-state index in [0.29, 0.717) is 37.8 Å². The van der Waals surface area contributed by atoms with Crippen LogP contribution in [0.5, 0.6) is 0 Å². The van der Waals surface area contributed by atoms with E-state index in [9.17, 15) is 14.0 Å². The smallest absolute Gasteiger partial charge is 0.312 e. The van der Waals surface area contributed by atoms with E-state index in [1.165, 1.54) is 19.2 Å². The fraction of sp³-hybridized carbons (Fsp3) is 0.355. The van der Waals surface area contributed by atoms with Gasteiger partial charge >= 0.3 is 5.97 Å². The summed E-state index contributed by atoms with van der Waals surface area (Å²) in [5.41, 5.74) is 5.81. The van der Waals surface area contributed by atoms with Gasteiger partial charge in [0.15, 0.2) is 5.78 Å². The molecule has 5 rings (SSSR count). The van der Waals surface area contributed by atoms with Crippen molar-refractivity contribution in [3.63, 3.8) is 0 Å². The van der Waals surface area contributed by atoms with E-state index in [1.807, 2.05) is 37.3 Å². The number of Topliss-reactive ketones (excluding diaryl/α,β-unsaturated/α-hetero) is 1. The van der Waals surface area contributed by atoms with Crippen molar-refractivity contribution in [1.29, 1.82) is 0 Å². The van der Waals surface area contributed by atoms with Gasteiger partial charge in [0, 0.05) is 35.0 Å². The number of hydrogen-bond acceptors (Lipinski definition) is 5. The van der Waals surface area contributed by atoms with Crippen molar-refractivity contribution in [1.82, 2.24) is 4.98 Å². The van der Waals surface area contributed by atoms with Crippen molar-refractivity contribution in [2.45, 2.75) is 52.0 Å². The summed E-state index contributed by atoms with van der Waals surface area (Å²) in [6, 6.07) is 16.1. The molecule has 1 fully saturated rings. The molecule has 1 saturated carbocycles. The van der Waals surface area contributed by atoms with Gasteiger partial charge in [-0.2, -0.15) is 0 Å². The molecule has 0 spiro atoms. The third kappa shape index (κ3) is 5.24. The van der Waals surface area contributed by atoms with E-state index in [2.05, 4.69) is 4.98 Å². The molecular formula is C31H31FN2O3. The van der Waals surface area contributed by atoms with Crippen LogP contribution in [0, 0.1) is 24.1 Å². The Bertz CT molecular complexity index is 1370. The number of carbonyl (C=O) groups excluding carboxylic acids is 2. The molecule has 2 aromatic carbocycles. The number of hydrogen-bond donors (Lipinski definition) is 0. The van der Waals surface area contributed by atoms with E-state index >= 15 is 0 Å². The van der Waals surface area contributed by atoms with Crippen LogP contribution in [0.25, 0.3) is 0 Å². The van der Waals surface area contributed by atoms with Gasteiger partial charge in [-0.1, -0.05) is 30.7 Å². The molecule has 37 heavy (non-hydrogen) atoms. The summed E-state index contributed by atoms with van der Waals surface area (Å²) in [5.74, 6) is -0.401. The number of carbonyl (C=O) groups is 2. The van der Waals surface area contributed by atoms with E-state index in [-0.39, 0.29) is 23.5 Å². The second-order valence-corrected chi connectivity index (χ2v) is 10.4.